The summed E-state index contributed by atoms with van der Waals surface area (Å²) < 4.78 is 59.4. The zero-order valence-corrected chi connectivity index (χ0v) is 17.7. The second-order valence-corrected chi connectivity index (χ2v) is 9.61. The van der Waals surface area contributed by atoms with Gasteiger partial charge in [0.15, 0.2) is 0 Å². The zero-order valence-electron chi connectivity index (χ0n) is 16.9. The maximum atomic E-state index is 12.2. The minimum absolute atomic E-state index is 0.206. The number of aryl methyl sites for hydroxylation is 1. The van der Waals surface area contributed by atoms with Crippen molar-refractivity contribution in [3.05, 3.63) is 42.0 Å². The number of anilines is 1. The summed E-state index contributed by atoms with van der Waals surface area (Å²) in [5.74, 6) is -2.76. The molecule has 9 nitrogen and oxygen atoms in total. The predicted molar refractivity (Wildman–Crippen MR) is 105 cm³/mol. The molecule has 31 heavy (non-hydrogen) atoms. The summed E-state index contributed by atoms with van der Waals surface area (Å²) in [6.07, 6.45) is 2.77. The van der Waals surface area contributed by atoms with Gasteiger partial charge in [0.25, 0.3) is 0 Å². The van der Waals surface area contributed by atoms with E-state index in [1.165, 1.54) is 16.1 Å². The van der Waals surface area contributed by atoms with Gasteiger partial charge < -0.3 is 5.11 Å². The molecule has 0 radical (unpaired) electrons. The van der Waals surface area contributed by atoms with Gasteiger partial charge in [-0.05, 0) is 25.1 Å². The number of carboxylic acids is 1. The third-order valence-corrected chi connectivity index (χ3v) is 6.37. The van der Waals surface area contributed by atoms with E-state index in [4.69, 9.17) is 9.90 Å². The van der Waals surface area contributed by atoms with Crippen LogP contribution in [0.25, 0.3) is 0 Å². The highest BCUT2D eigenvalue weighted by Gasteiger charge is 2.50. The third-order valence-electron chi connectivity index (χ3n) is 5.24. The molecule has 13 heteroatoms. The van der Waals surface area contributed by atoms with E-state index in [0.29, 0.717) is 6.54 Å². The summed E-state index contributed by atoms with van der Waals surface area (Å²) in [7, 11) is -1.38. The Morgan fingerprint density at radius 1 is 1.32 bits per heavy atom. The third kappa shape index (κ3) is 4.98. The van der Waals surface area contributed by atoms with Gasteiger partial charge in [0.05, 0.1) is 23.8 Å². The molecule has 0 saturated carbocycles. The normalized spacial score (nSPS) is 21.1. The Labute approximate surface area is 177 Å². The van der Waals surface area contributed by atoms with Crippen LogP contribution in [0, 0.1) is 0 Å². The highest BCUT2D eigenvalue weighted by molar-refractivity contribution is 7.92. The summed E-state index contributed by atoms with van der Waals surface area (Å²) in [6, 6.07) is 3.67. The van der Waals surface area contributed by atoms with Crippen LogP contribution in [0.15, 0.2) is 30.7 Å². The topological polar surface area (TPSA) is 109 Å². The number of aliphatic carboxylic acids is 1. The van der Waals surface area contributed by atoms with Crippen molar-refractivity contribution in [3.8, 4) is 0 Å². The second-order valence-electron chi connectivity index (χ2n) is 7.71. The van der Waals surface area contributed by atoms with Crippen molar-refractivity contribution in [2.75, 3.05) is 30.2 Å². The Kier molecular flexibility index (Phi) is 6.02. The summed E-state index contributed by atoms with van der Waals surface area (Å²) in [5.41, 5.74) is 2.63. The van der Waals surface area contributed by atoms with E-state index < -0.39 is 22.2 Å². The number of hydrogen-bond donors (Lipinski definition) is 1. The van der Waals surface area contributed by atoms with Crippen LogP contribution in [0.4, 0.5) is 18.9 Å². The fraction of sp³-hybridized carbons (Fsp3) is 0.500. The first-order chi connectivity index (χ1) is 14.3. The monoisotopic (exact) mass is 461 g/mol. The average Bonchev–Trinajstić information content (AvgIpc) is 3.34. The number of sulfonamides is 1. The summed E-state index contributed by atoms with van der Waals surface area (Å²) in [5, 5.41) is 11.3. The number of fused-ring (bicyclic) bond motifs is 2. The molecule has 4 heterocycles. The van der Waals surface area contributed by atoms with Gasteiger partial charge in [-0.15, -0.1) is 0 Å². The lowest BCUT2D eigenvalue weighted by atomic mass is 9.85. The van der Waals surface area contributed by atoms with E-state index in [1.807, 2.05) is 25.5 Å². The number of pyridine rings is 1. The molecule has 0 amide bonds. The Balaban J connectivity index is 0.000000339. The lowest BCUT2D eigenvalue weighted by Gasteiger charge is -2.24. The standard InChI is InChI=1S/C16H21N5O2S.C2HF3O2/c1-19-9-13(8-18-19)10-20-7-5-16(11-20)12-21(24(2,22)23)14-4-3-6-17-15(14)16;3-2(4,5)1(6)7/h3-4,6,8-9H,5,7,10-12H2,1-2H3;(H,6,7). The van der Waals surface area contributed by atoms with Gasteiger partial charge >= 0.3 is 12.1 Å². The highest BCUT2D eigenvalue weighted by atomic mass is 32.2. The first-order valence-electron chi connectivity index (χ1n) is 9.25. The molecule has 0 aromatic carbocycles. The number of rotatable bonds is 3. The number of halogens is 3. The molecule has 2 aromatic rings. The van der Waals surface area contributed by atoms with Crippen molar-refractivity contribution < 1.29 is 31.5 Å². The van der Waals surface area contributed by atoms with E-state index in [1.54, 1.807) is 16.9 Å². The van der Waals surface area contributed by atoms with Crippen molar-refractivity contribution in [2.24, 2.45) is 7.05 Å². The van der Waals surface area contributed by atoms with Gasteiger partial charge in [0, 0.05) is 50.1 Å². The summed E-state index contributed by atoms with van der Waals surface area (Å²) >= 11 is 0. The number of alkyl halides is 3. The van der Waals surface area contributed by atoms with Gasteiger partial charge in [-0.1, -0.05) is 0 Å². The van der Waals surface area contributed by atoms with Crippen molar-refractivity contribution in [3.63, 3.8) is 0 Å². The number of nitrogens with zero attached hydrogens (tertiary/aromatic N) is 5. The van der Waals surface area contributed by atoms with Gasteiger partial charge in [-0.2, -0.15) is 18.3 Å². The van der Waals surface area contributed by atoms with Crippen molar-refractivity contribution in [1.29, 1.82) is 0 Å². The Hall–Kier alpha value is -2.67. The second kappa shape index (κ2) is 8.11. The summed E-state index contributed by atoms with van der Waals surface area (Å²) in [6.45, 7) is 3.07. The van der Waals surface area contributed by atoms with Crippen molar-refractivity contribution in [2.45, 2.75) is 24.6 Å². The first kappa shape index (κ1) is 23.0. The van der Waals surface area contributed by atoms with Crippen LogP contribution in [0.3, 0.4) is 0 Å². The molecule has 2 aromatic heterocycles. The predicted octanol–water partition coefficient (Wildman–Crippen LogP) is 1.37. The molecule has 0 bridgehead atoms. The number of carbonyl (C=O) groups is 1. The zero-order chi connectivity index (χ0) is 23.0. The minimum Gasteiger partial charge on any atom is -0.475 e. The van der Waals surface area contributed by atoms with E-state index in [-0.39, 0.29) is 5.41 Å². The van der Waals surface area contributed by atoms with Crippen molar-refractivity contribution >= 4 is 21.7 Å². The number of aromatic nitrogens is 3. The van der Waals surface area contributed by atoms with Crippen LogP contribution in [-0.2, 0) is 33.8 Å². The fourth-order valence-electron chi connectivity index (χ4n) is 3.96. The van der Waals surface area contributed by atoms with Gasteiger partial charge in [0.1, 0.15) is 0 Å². The Bertz CT molecular complexity index is 1070. The van der Waals surface area contributed by atoms with Crippen LogP contribution >= 0.6 is 0 Å². The van der Waals surface area contributed by atoms with Crippen molar-refractivity contribution in [1.82, 2.24) is 19.7 Å². The van der Waals surface area contributed by atoms with Gasteiger partial charge in [-0.3, -0.25) is 18.9 Å². The quantitative estimate of drug-likeness (QED) is 0.736. The average molecular weight is 461 g/mol. The summed E-state index contributed by atoms with van der Waals surface area (Å²) in [4.78, 5) is 15.8. The largest absolute Gasteiger partial charge is 0.490 e. The molecular formula is C18H22F3N5O4S. The van der Waals surface area contributed by atoms with E-state index >= 15 is 0 Å². The molecule has 4 rings (SSSR count). The van der Waals surface area contributed by atoms with Crippen LogP contribution in [0.1, 0.15) is 17.7 Å². The van der Waals surface area contributed by atoms with Gasteiger partial charge in [0.2, 0.25) is 10.0 Å². The lowest BCUT2D eigenvalue weighted by molar-refractivity contribution is -0.192. The molecule has 1 N–H and O–H groups in total. The number of likely N-dealkylation sites (tertiary alicyclic amines) is 1. The molecule has 1 saturated heterocycles. The molecule has 1 atom stereocenters. The van der Waals surface area contributed by atoms with Crippen LogP contribution in [-0.4, -0.2) is 71.2 Å². The van der Waals surface area contributed by atoms with Crippen LogP contribution < -0.4 is 4.31 Å². The highest BCUT2D eigenvalue weighted by Crippen LogP contribution is 2.46. The van der Waals surface area contributed by atoms with Crippen LogP contribution in [0.5, 0.6) is 0 Å². The Morgan fingerprint density at radius 2 is 2.00 bits per heavy atom. The minimum atomic E-state index is -5.08. The molecule has 2 aliphatic rings. The lowest BCUT2D eigenvalue weighted by Crippen LogP contribution is -2.38. The maximum absolute atomic E-state index is 12.2. The van der Waals surface area contributed by atoms with Gasteiger partial charge in [-0.25, -0.2) is 13.2 Å². The molecule has 1 fully saturated rings. The maximum Gasteiger partial charge on any atom is 0.490 e. The molecular weight excluding hydrogens is 439 g/mol. The van der Waals surface area contributed by atoms with E-state index in [0.717, 1.165) is 37.4 Å². The molecule has 1 unspecified atom stereocenters. The van der Waals surface area contributed by atoms with Crippen LogP contribution in [0.2, 0.25) is 0 Å². The smallest absolute Gasteiger partial charge is 0.475 e. The SMILES string of the molecule is Cn1cc(CN2CCC3(C2)CN(S(C)(=O)=O)c2cccnc23)cn1.O=C(O)C(F)(F)F. The number of carboxylic acid groups (broad SMARTS) is 1. The fourth-order valence-corrected chi connectivity index (χ4v) is 4.95. The molecule has 170 valence electrons. The van der Waals surface area contributed by atoms with E-state index in [2.05, 4.69) is 15.0 Å². The molecule has 2 aliphatic heterocycles. The Morgan fingerprint density at radius 3 is 2.55 bits per heavy atom. The van der Waals surface area contributed by atoms with E-state index in [9.17, 15) is 21.6 Å². The molecule has 1 spiro atoms. The first-order valence-corrected chi connectivity index (χ1v) is 11.1. The number of hydrogen-bond acceptors (Lipinski definition) is 6. The molecule has 0 aliphatic carbocycles.